The van der Waals surface area contributed by atoms with Crippen molar-refractivity contribution in [2.45, 2.75) is 57.4 Å². The van der Waals surface area contributed by atoms with E-state index in [2.05, 4.69) is 0 Å². The number of carbonyl (C=O) groups excluding carboxylic acids is 1. The van der Waals surface area contributed by atoms with Crippen molar-refractivity contribution in [3.8, 4) is 0 Å². The highest BCUT2D eigenvalue weighted by molar-refractivity contribution is 5.79. The summed E-state index contributed by atoms with van der Waals surface area (Å²) in [5, 5.41) is 9.03. The minimum absolute atomic E-state index is 0.0654. The van der Waals surface area contributed by atoms with Crippen LogP contribution in [0.3, 0.4) is 0 Å². The van der Waals surface area contributed by atoms with Crippen LogP contribution in [0.2, 0.25) is 0 Å². The summed E-state index contributed by atoms with van der Waals surface area (Å²) in [6.07, 6.45) is 7.96. The van der Waals surface area contributed by atoms with Crippen LogP contribution in [0.25, 0.3) is 0 Å². The molecular formula is C16H25NO3. The first-order valence-corrected chi connectivity index (χ1v) is 8.07. The molecule has 112 valence electrons. The fraction of sp³-hybridized carbons (Fsp3) is 0.875. The monoisotopic (exact) mass is 279 g/mol. The van der Waals surface area contributed by atoms with E-state index >= 15 is 0 Å². The van der Waals surface area contributed by atoms with Crippen molar-refractivity contribution >= 4 is 11.9 Å². The lowest BCUT2D eigenvalue weighted by Crippen LogP contribution is -2.44. The van der Waals surface area contributed by atoms with Crippen molar-refractivity contribution in [3.63, 3.8) is 0 Å². The number of carboxylic acids is 1. The Morgan fingerprint density at radius 3 is 1.75 bits per heavy atom. The number of hydrogen-bond acceptors (Lipinski definition) is 2. The predicted molar refractivity (Wildman–Crippen MR) is 75.1 cm³/mol. The third-order valence-electron chi connectivity index (χ3n) is 5.43. The Labute approximate surface area is 120 Å². The molecule has 20 heavy (non-hydrogen) atoms. The molecule has 0 heterocycles. The van der Waals surface area contributed by atoms with Crippen LogP contribution < -0.4 is 0 Å². The Bertz CT molecular complexity index is 381. The van der Waals surface area contributed by atoms with Gasteiger partial charge in [-0.3, -0.25) is 9.59 Å². The highest BCUT2D eigenvalue weighted by atomic mass is 16.4. The molecule has 0 aliphatic heterocycles. The van der Waals surface area contributed by atoms with Crippen LogP contribution >= 0.6 is 0 Å². The summed E-state index contributed by atoms with van der Waals surface area (Å²) in [5.74, 6) is 0.900. The van der Waals surface area contributed by atoms with Gasteiger partial charge in [0.15, 0.2) is 0 Å². The first-order chi connectivity index (χ1) is 9.58. The third kappa shape index (κ3) is 2.84. The molecule has 3 fully saturated rings. The van der Waals surface area contributed by atoms with Crippen LogP contribution in [0, 0.1) is 23.7 Å². The van der Waals surface area contributed by atoms with E-state index in [-0.39, 0.29) is 17.7 Å². The lowest BCUT2D eigenvalue weighted by molar-refractivity contribution is -0.146. The largest absolute Gasteiger partial charge is 0.481 e. The summed E-state index contributed by atoms with van der Waals surface area (Å²) in [5.41, 5.74) is 0. The highest BCUT2D eigenvalue weighted by Gasteiger charge is 2.46. The molecule has 0 aromatic rings. The Morgan fingerprint density at radius 2 is 1.35 bits per heavy atom. The lowest BCUT2D eigenvalue weighted by Gasteiger charge is -2.34. The maximum atomic E-state index is 12.7. The molecule has 1 N–H and O–H groups in total. The van der Waals surface area contributed by atoms with Crippen molar-refractivity contribution in [2.24, 2.45) is 23.7 Å². The molecule has 4 nitrogen and oxygen atoms in total. The van der Waals surface area contributed by atoms with Crippen molar-refractivity contribution in [2.75, 3.05) is 7.05 Å². The molecule has 1 amide bonds. The summed E-state index contributed by atoms with van der Waals surface area (Å²) in [4.78, 5) is 25.7. The average Bonchev–Trinajstić information content (AvgIpc) is 3.32. The van der Waals surface area contributed by atoms with Crippen LogP contribution in [0.15, 0.2) is 0 Å². The predicted octanol–water partition coefficient (Wildman–Crippen LogP) is 2.52. The van der Waals surface area contributed by atoms with E-state index < -0.39 is 5.97 Å². The molecule has 3 saturated carbocycles. The highest BCUT2D eigenvalue weighted by Crippen LogP contribution is 2.47. The minimum atomic E-state index is -0.696. The Hall–Kier alpha value is -1.06. The van der Waals surface area contributed by atoms with Gasteiger partial charge < -0.3 is 10.0 Å². The summed E-state index contributed by atoms with van der Waals surface area (Å²) in [6, 6.07) is 0.472. The summed E-state index contributed by atoms with van der Waals surface area (Å²) < 4.78 is 0. The number of rotatable bonds is 5. The minimum Gasteiger partial charge on any atom is -0.481 e. The van der Waals surface area contributed by atoms with Gasteiger partial charge in [0.1, 0.15) is 0 Å². The van der Waals surface area contributed by atoms with E-state index in [1.165, 1.54) is 25.7 Å². The van der Waals surface area contributed by atoms with E-state index in [4.69, 9.17) is 5.11 Å². The van der Waals surface area contributed by atoms with Gasteiger partial charge in [0, 0.05) is 19.0 Å². The SMILES string of the molecule is CN(C(=O)C1CCC(C(=O)O)CC1)C(C1CC1)C1CC1. The molecule has 0 aromatic carbocycles. The molecule has 3 rings (SSSR count). The summed E-state index contributed by atoms with van der Waals surface area (Å²) in [6.45, 7) is 0. The van der Waals surface area contributed by atoms with Crippen LogP contribution in [-0.4, -0.2) is 35.0 Å². The van der Waals surface area contributed by atoms with Crippen LogP contribution in [-0.2, 0) is 9.59 Å². The van der Waals surface area contributed by atoms with E-state index in [0.717, 1.165) is 24.7 Å². The Kier molecular flexibility index (Phi) is 3.74. The maximum Gasteiger partial charge on any atom is 0.306 e. The molecule has 0 bridgehead atoms. The lowest BCUT2D eigenvalue weighted by atomic mass is 9.81. The first kappa shape index (κ1) is 13.9. The number of carboxylic acid groups (broad SMARTS) is 1. The van der Waals surface area contributed by atoms with Gasteiger partial charge in [0.05, 0.1) is 5.92 Å². The molecular weight excluding hydrogens is 254 g/mol. The zero-order chi connectivity index (χ0) is 14.3. The van der Waals surface area contributed by atoms with Crippen LogP contribution in [0.1, 0.15) is 51.4 Å². The molecule has 0 radical (unpaired) electrons. The number of carbonyl (C=O) groups is 2. The van der Waals surface area contributed by atoms with Gasteiger partial charge in [-0.15, -0.1) is 0 Å². The van der Waals surface area contributed by atoms with Crippen molar-refractivity contribution in [1.29, 1.82) is 0 Å². The molecule has 4 heteroatoms. The molecule has 0 saturated heterocycles. The van der Waals surface area contributed by atoms with Gasteiger partial charge in [-0.05, 0) is 63.2 Å². The summed E-state index contributed by atoms with van der Waals surface area (Å²) >= 11 is 0. The second kappa shape index (κ2) is 5.38. The van der Waals surface area contributed by atoms with E-state index in [1.54, 1.807) is 0 Å². The Morgan fingerprint density at radius 1 is 0.900 bits per heavy atom. The number of nitrogens with zero attached hydrogens (tertiary/aromatic N) is 1. The molecule has 0 unspecified atom stereocenters. The quantitative estimate of drug-likeness (QED) is 0.841. The standard InChI is InChI=1S/C16H25NO3/c1-17(14(10-2-3-10)11-4-5-11)15(18)12-6-8-13(9-7-12)16(19)20/h10-14H,2-9H2,1H3,(H,19,20). The van der Waals surface area contributed by atoms with Crippen molar-refractivity contribution in [3.05, 3.63) is 0 Å². The van der Waals surface area contributed by atoms with Gasteiger partial charge in [0.2, 0.25) is 5.91 Å². The smallest absolute Gasteiger partial charge is 0.306 e. The molecule has 3 aliphatic carbocycles. The van der Waals surface area contributed by atoms with Gasteiger partial charge in [0.25, 0.3) is 0 Å². The normalized spacial score (nSPS) is 30.3. The fourth-order valence-electron chi connectivity index (χ4n) is 3.92. The third-order valence-corrected chi connectivity index (χ3v) is 5.43. The topological polar surface area (TPSA) is 57.6 Å². The molecule has 3 aliphatic rings. The van der Waals surface area contributed by atoms with E-state index in [0.29, 0.717) is 18.9 Å². The molecule has 0 aromatic heterocycles. The van der Waals surface area contributed by atoms with Crippen molar-refractivity contribution < 1.29 is 14.7 Å². The zero-order valence-corrected chi connectivity index (χ0v) is 12.3. The van der Waals surface area contributed by atoms with E-state index in [1.807, 2.05) is 11.9 Å². The maximum absolute atomic E-state index is 12.7. The van der Waals surface area contributed by atoms with Gasteiger partial charge >= 0.3 is 5.97 Å². The molecule has 0 atom stereocenters. The second-order valence-electron chi connectivity index (χ2n) is 7.00. The fourth-order valence-corrected chi connectivity index (χ4v) is 3.92. The first-order valence-electron chi connectivity index (χ1n) is 8.07. The number of amides is 1. The van der Waals surface area contributed by atoms with Crippen LogP contribution in [0.4, 0.5) is 0 Å². The van der Waals surface area contributed by atoms with Gasteiger partial charge in [-0.1, -0.05) is 0 Å². The average molecular weight is 279 g/mol. The second-order valence-corrected chi connectivity index (χ2v) is 7.00. The number of aliphatic carboxylic acids is 1. The van der Waals surface area contributed by atoms with Crippen LogP contribution in [0.5, 0.6) is 0 Å². The summed E-state index contributed by atoms with van der Waals surface area (Å²) in [7, 11) is 1.98. The van der Waals surface area contributed by atoms with Gasteiger partial charge in [-0.2, -0.15) is 0 Å². The zero-order valence-electron chi connectivity index (χ0n) is 12.3. The molecule has 0 spiro atoms. The Balaban J connectivity index is 1.56. The van der Waals surface area contributed by atoms with Gasteiger partial charge in [-0.25, -0.2) is 0 Å². The van der Waals surface area contributed by atoms with E-state index in [9.17, 15) is 9.59 Å². The number of hydrogen-bond donors (Lipinski definition) is 1. The van der Waals surface area contributed by atoms with Crippen molar-refractivity contribution in [1.82, 2.24) is 4.90 Å².